The number of fused-ring (bicyclic) bond motifs is 1. The summed E-state index contributed by atoms with van der Waals surface area (Å²) in [4.78, 5) is 11.1. The Balaban J connectivity index is 1.13. The Morgan fingerprint density at radius 2 is 1.90 bits per heavy atom. The smallest absolute Gasteiger partial charge is 0.229 e. The summed E-state index contributed by atoms with van der Waals surface area (Å²) in [6.45, 7) is 6.68. The average Bonchev–Trinajstić information content (AvgIpc) is 3.55. The number of tetrazole rings is 1. The van der Waals surface area contributed by atoms with Gasteiger partial charge in [-0.1, -0.05) is 0 Å². The SMILES string of the molecule is CC1(C)CCC2CC(Nc3nc(Nc4cc(-n5nnnc5C5COC5)c(C5CC5)cc4F)ncc3F)CCN21. The van der Waals surface area contributed by atoms with E-state index in [0.29, 0.717) is 25.1 Å². The van der Waals surface area contributed by atoms with Crippen molar-refractivity contribution in [3.8, 4) is 5.69 Å². The molecule has 206 valence electrons. The number of hydrogen-bond donors (Lipinski definition) is 2. The van der Waals surface area contributed by atoms with Gasteiger partial charge in [0.15, 0.2) is 17.5 Å². The van der Waals surface area contributed by atoms with Crippen molar-refractivity contribution >= 4 is 17.5 Å². The number of hydrogen-bond acceptors (Lipinski definition) is 9. The van der Waals surface area contributed by atoms with Crippen LogP contribution >= 0.6 is 0 Å². The molecule has 4 aliphatic rings. The number of ether oxygens (including phenoxy) is 1. The van der Waals surface area contributed by atoms with Gasteiger partial charge in [-0.25, -0.2) is 13.8 Å². The maximum Gasteiger partial charge on any atom is 0.229 e. The van der Waals surface area contributed by atoms with Crippen molar-refractivity contribution in [2.75, 3.05) is 30.4 Å². The molecule has 2 aromatic heterocycles. The lowest BCUT2D eigenvalue weighted by atomic mass is 9.97. The first-order valence-corrected chi connectivity index (χ1v) is 13.9. The van der Waals surface area contributed by atoms with Crippen LogP contribution in [0.15, 0.2) is 18.3 Å². The number of piperidine rings is 1. The highest BCUT2D eigenvalue weighted by Gasteiger charge is 2.42. The molecule has 2 unspecified atom stereocenters. The fourth-order valence-corrected chi connectivity index (χ4v) is 6.34. The van der Waals surface area contributed by atoms with E-state index in [-0.39, 0.29) is 40.9 Å². The van der Waals surface area contributed by atoms with Gasteiger partial charge in [-0.05, 0) is 86.4 Å². The second kappa shape index (κ2) is 9.44. The summed E-state index contributed by atoms with van der Waals surface area (Å²) in [5.74, 6) is 0.361. The first kappa shape index (κ1) is 24.8. The van der Waals surface area contributed by atoms with Crippen LogP contribution in [0.25, 0.3) is 5.69 Å². The summed E-state index contributed by atoms with van der Waals surface area (Å²) in [5.41, 5.74) is 2.00. The zero-order valence-corrected chi connectivity index (χ0v) is 22.2. The van der Waals surface area contributed by atoms with E-state index in [2.05, 4.69) is 54.9 Å². The predicted molar refractivity (Wildman–Crippen MR) is 140 cm³/mol. The molecular weight excluding hydrogens is 504 g/mol. The first-order valence-electron chi connectivity index (χ1n) is 13.9. The van der Waals surface area contributed by atoms with Crippen molar-refractivity contribution in [2.45, 2.75) is 81.8 Å². The Hall–Kier alpha value is -3.25. The third-order valence-electron chi connectivity index (χ3n) is 8.77. The lowest BCUT2D eigenvalue weighted by molar-refractivity contribution is 0.00391. The van der Waals surface area contributed by atoms with Crippen LogP contribution in [0.2, 0.25) is 0 Å². The molecule has 2 N–H and O–H groups in total. The highest BCUT2D eigenvalue weighted by atomic mass is 19.1. The van der Waals surface area contributed by atoms with Crippen molar-refractivity contribution in [2.24, 2.45) is 0 Å². The van der Waals surface area contributed by atoms with Crippen molar-refractivity contribution in [3.63, 3.8) is 0 Å². The molecule has 0 bridgehead atoms. The molecule has 1 saturated carbocycles. The van der Waals surface area contributed by atoms with Gasteiger partial charge in [0.25, 0.3) is 0 Å². The Bertz CT molecular complexity index is 1390. The average molecular weight is 538 g/mol. The molecule has 12 heteroatoms. The van der Waals surface area contributed by atoms with Gasteiger partial charge in [0.1, 0.15) is 5.82 Å². The van der Waals surface area contributed by atoms with E-state index in [1.165, 1.54) is 12.5 Å². The van der Waals surface area contributed by atoms with E-state index in [1.807, 2.05) is 0 Å². The minimum Gasteiger partial charge on any atom is -0.380 e. The standard InChI is InChI=1S/C27H33F2N9O/c1-27(2)7-5-18-9-17(6-8-37(18)27)31-24-21(29)12-30-26(33-24)32-22-11-23(19(10-20(22)28)15-3-4-15)38-25(34-35-36-38)16-13-39-14-16/h10-12,15-18H,3-9,13-14H2,1-2H3,(H2,30,31,32,33). The van der Waals surface area contributed by atoms with E-state index >= 15 is 4.39 Å². The molecule has 39 heavy (non-hydrogen) atoms. The Labute approximate surface area is 225 Å². The van der Waals surface area contributed by atoms with Crippen molar-refractivity contribution in [1.29, 1.82) is 0 Å². The summed E-state index contributed by atoms with van der Waals surface area (Å²) in [6, 6.07) is 3.85. The number of benzene rings is 1. The summed E-state index contributed by atoms with van der Waals surface area (Å²) < 4.78 is 37.1. The van der Waals surface area contributed by atoms with Crippen LogP contribution in [-0.2, 0) is 4.74 Å². The van der Waals surface area contributed by atoms with E-state index in [1.54, 1.807) is 10.7 Å². The molecule has 2 atom stereocenters. The third kappa shape index (κ3) is 4.63. The fraction of sp³-hybridized carbons (Fsp3) is 0.593. The molecule has 4 fully saturated rings. The highest BCUT2D eigenvalue weighted by Crippen LogP contribution is 2.45. The van der Waals surface area contributed by atoms with Gasteiger partial charge >= 0.3 is 0 Å². The van der Waals surface area contributed by atoms with Crippen LogP contribution in [0.5, 0.6) is 0 Å². The van der Waals surface area contributed by atoms with E-state index in [0.717, 1.165) is 56.1 Å². The van der Waals surface area contributed by atoms with Crippen molar-refractivity contribution in [3.05, 3.63) is 41.4 Å². The number of aromatic nitrogens is 6. The normalized spacial score (nSPS) is 24.8. The monoisotopic (exact) mass is 537 g/mol. The van der Waals surface area contributed by atoms with Crippen LogP contribution in [0, 0.1) is 11.6 Å². The molecule has 0 amide bonds. The molecular formula is C27H33F2N9O. The maximum atomic E-state index is 15.3. The van der Waals surface area contributed by atoms with E-state index in [9.17, 15) is 4.39 Å². The minimum atomic E-state index is -0.527. The highest BCUT2D eigenvalue weighted by molar-refractivity contribution is 5.63. The molecule has 3 aliphatic heterocycles. The lowest BCUT2D eigenvalue weighted by Crippen LogP contribution is -2.50. The molecule has 0 spiro atoms. The van der Waals surface area contributed by atoms with Crippen molar-refractivity contribution in [1.82, 2.24) is 35.1 Å². The molecule has 1 aromatic carbocycles. The zero-order valence-electron chi connectivity index (χ0n) is 22.2. The van der Waals surface area contributed by atoms with Crippen LogP contribution in [0.1, 0.15) is 75.6 Å². The second-order valence-corrected chi connectivity index (χ2v) is 11.9. The van der Waals surface area contributed by atoms with Crippen LogP contribution in [0.4, 0.5) is 26.2 Å². The van der Waals surface area contributed by atoms with Gasteiger partial charge in [-0.15, -0.1) is 5.10 Å². The number of anilines is 3. The Kier molecular flexibility index (Phi) is 6.00. The fourth-order valence-electron chi connectivity index (χ4n) is 6.34. The molecule has 7 rings (SSSR count). The predicted octanol–water partition coefficient (Wildman–Crippen LogP) is 4.28. The van der Waals surface area contributed by atoms with E-state index < -0.39 is 11.6 Å². The molecule has 10 nitrogen and oxygen atoms in total. The largest absolute Gasteiger partial charge is 0.380 e. The topological polar surface area (TPSA) is 106 Å². The number of nitrogens with one attached hydrogen (secondary N) is 2. The van der Waals surface area contributed by atoms with Gasteiger partial charge < -0.3 is 15.4 Å². The zero-order chi connectivity index (χ0) is 26.7. The van der Waals surface area contributed by atoms with Crippen molar-refractivity contribution < 1.29 is 13.5 Å². The number of nitrogens with zero attached hydrogens (tertiary/aromatic N) is 7. The first-order chi connectivity index (χ1) is 18.9. The maximum absolute atomic E-state index is 15.3. The summed E-state index contributed by atoms with van der Waals surface area (Å²) in [6.07, 6.45) is 7.29. The minimum absolute atomic E-state index is 0.102. The number of halogens is 2. The Morgan fingerprint density at radius 1 is 1.05 bits per heavy atom. The van der Waals surface area contributed by atoms with Crippen LogP contribution in [-0.4, -0.2) is 72.5 Å². The lowest BCUT2D eigenvalue weighted by Gasteiger charge is -2.42. The van der Waals surface area contributed by atoms with Gasteiger partial charge in [0, 0.05) is 24.2 Å². The second-order valence-electron chi connectivity index (χ2n) is 11.9. The van der Waals surface area contributed by atoms with Crippen LogP contribution in [0.3, 0.4) is 0 Å². The Morgan fingerprint density at radius 3 is 2.67 bits per heavy atom. The van der Waals surface area contributed by atoms with Gasteiger partial charge in [-0.2, -0.15) is 9.67 Å². The molecule has 3 saturated heterocycles. The third-order valence-corrected chi connectivity index (χ3v) is 8.77. The van der Waals surface area contributed by atoms with Gasteiger partial charge in [-0.3, -0.25) is 4.90 Å². The molecule has 3 aromatic rings. The number of rotatable bonds is 7. The summed E-state index contributed by atoms with van der Waals surface area (Å²) >= 11 is 0. The molecule has 0 radical (unpaired) electrons. The summed E-state index contributed by atoms with van der Waals surface area (Å²) in [7, 11) is 0. The quantitative estimate of drug-likeness (QED) is 0.457. The van der Waals surface area contributed by atoms with Crippen LogP contribution < -0.4 is 10.6 Å². The molecule has 1 aliphatic carbocycles. The van der Waals surface area contributed by atoms with E-state index in [4.69, 9.17) is 4.74 Å². The van der Waals surface area contributed by atoms with Gasteiger partial charge in [0.05, 0.1) is 36.7 Å². The molecule has 5 heterocycles. The van der Waals surface area contributed by atoms with Gasteiger partial charge in [0.2, 0.25) is 5.95 Å². The summed E-state index contributed by atoms with van der Waals surface area (Å²) in [5, 5.41) is 18.6.